The maximum absolute atomic E-state index is 12.2. The van der Waals surface area contributed by atoms with E-state index in [9.17, 15) is 9.59 Å². The summed E-state index contributed by atoms with van der Waals surface area (Å²) in [6, 6.07) is 7.05. The summed E-state index contributed by atoms with van der Waals surface area (Å²) in [6.07, 6.45) is 0. The van der Waals surface area contributed by atoms with Gasteiger partial charge in [-0.15, -0.1) is 0 Å². The summed E-state index contributed by atoms with van der Waals surface area (Å²) in [5.41, 5.74) is 0.527. The molecule has 0 fully saturated rings. The second-order valence-corrected chi connectivity index (χ2v) is 6.21. The first-order valence-electron chi connectivity index (χ1n) is 9.88. The normalized spacial score (nSPS) is 10.6. The van der Waals surface area contributed by atoms with E-state index in [4.69, 9.17) is 18.6 Å². The maximum atomic E-state index is 12.2. The first kappa shape index (κ1) is 23.3. The largest absolute Gasteiger partial charge is 0.459 e. The standard InChI is InChI=1S/C21H28N3O6/c1-4-24(5-2)17-7-6-16-14-18(21(26)30-19(16)15-17)20(25)29-13-12-28-11-10-27-9-8-23-22-3/h6-7,14-15H,3-5,8-13H2,1-2H3/q+1. The topological polar surface area (TPSA) is 105 Å². The monoisotopic (exact) mass is 418 g/mol. The molecule has 2 rings (SSSR count). The Labute approximate surface area is 175 Å². The Morgan fingerprint density at radius 3 is 2.50 bits per heavy atom. The van der Waals surface area contributed by atoms with Crippen LogP contribution in [0.5, 0.6) is 0 Å². The van der Waals surface area contributed by atoms with Gasteiger partial charge in [-0.25, -0.2) is 9.59 Å². The molecule has 0 saturated carbocycles. The van der Waals surface area contributed by atoms with Crippen molar-refractivity contribution in [2.45, 2.75) is 13.8 Å². The third kappa shape index (κ3) is 6.81. The van der Waals surface area contributed by atoms with Gasteiger partial charge in [0.1, 0.15) is 24.3 Å². The van der Waals surface area contributed by atoms with Crippen LogP contribution in [0.1, 0.15) is 24.2 Å². The molecule has 0 aliphatic rings. The SMILES string of the molecule is C=[N+]=NCCOCCOCCOC(=O)c1cc2ccc(N(CC)CC)cc2oc1=O. The van der Waals surface area contributed by atoms with E-state index in [0.717, 1.165) is 18.8 Å². The van der Waals surface area contributed by atoms with Crippen LogP contribution in [-0.4, -0.2) is 70.1 Å². The minimum atomic E-state index is -0.739. The van der Waals surface area contributed by atoms with Crippen LogP contribution < -0.4 is 10.5 Å². The van der Waals surface area contributed by atoms with E-state index in [-0.39, 0.29) is 18.8 Å². The second-order valence-electron chi connectivity index (χ2n) is 6.21. The van der Waals surface area contributed by atoms with Crippen LogP contribution in [0.2, 0.25) is 0 Å². The summed E-state index contributed by atoms with van der Waals surface area (Å²) in [6.45, 7) is 10.9. The molecule has 1 heterocycles. The van der Waals surface area contributed by atoms with Crippen molar-refractivity contribution in [1.29, 1.82) is 0 Å². The van der Waals surface area contributed by atoms with Crippen LogP contribution in [0, 0.1) is 0 Å². The zero-order valence-corrected chi connectivity index (χ0v) is 17.5. The molecule has 0 aliphatic heterocycles. The van der Waals surface area contributed by atoms with E-state index in [1.54, 1.807) is 6.07 Å². The lowest BCUT2D eigenvalue weighted by Crippen LogP contribution is -2.22. The smallest absolute Gasteiger partial charge is 0.351 e. The first-order chi connectivity index (χ1) is 14.6. The van der Waals surface area contributed by atoms with Gasteiger partial charge in [0.25, 0.3) is 6.72 Å². The minimum absolute atomic E-state index is 0.0208. The fourth-order valence-corrected chi connectivity index (χ4v) is 2.80. The summed E-state index contributed by atoms with van der Waals surface area (Å²) < 4.78 is 21.0. The lowest BCUT2D eigenvalue weighted by Gasteiger charge is -2.20. The highest BCUT2D eigenvalue weighted by atomic mass is 16.6. The number of carbonyl (C=O) groups excluding carboxylic acids is 1. The van der Waals surface area contributed by atoms with Crippen LogP contribution in [-0.2, 0) is 14.2 Å². The van der Waals surface area contributed by atoms with Gasteiger partial charge in [0.05, 0.1) is 31.5 Å². The van der Waals surface area contributed by atoms with Crippen molar-refractivity contribution in [2.75, 3.05) is 57.6 Å². The van der Waals surface area contributed by atoms with Crippen molar-refractivity contribution < 1.29 is 28.2 Å². The van der Waals surface area contributed by atoms with Crippen LogP contribution >= 0.6 is 0 Å². The van der Waals surface area contributed by atoms with Crippen molar-refractivity contribution in [3.63, 3.8) is 0 Å². The number of nitrogens with zero attached hydrogens (tertiary/aromatic N) is 3. The average molecular weight is 418 g/mol. The van der Waals surface area contributed by atoms with Crippen LogP contribution in [0.3, 0.4) is 0 Å². The summed E-state index contributed by atoms with van der Waals surface area (Å²) in [7, 11) is 0. The molecule has 1 aromatic carbocycles. The Bertz CT molecular complexity index is 932. The molecule has 0 spiro atoms. The van der Waals surface area contributed by atoms with Crippen molar-refractivity contribution in [3.05, 3.63) is 40.2 Å². The minimum Gasteiger partial charge on any atom is -0.459 e. The van der Waals surface area contributed by atoms with Crippen molar-refractivity contribution in [1.82, 2.24) is 0 Å². The molecular weight excluding hydrogens is 390 g/mol. The van der Waals surface area contributed by atoms with Crippen LogP contribution in [0.15, 0.2) is 38.6 Å². The Kier molecular flexibility index (Phi) is 9.73. The molecule has 162 valence electrons. The third-order valence-electron chi connectivity index (χ3n) is 4.34. The molecule has 0 atom stereocenters. The molecule has 0 amide bonds. The van der Waals surface area contributed by atoms with E-state index >= 15 is 0 Å². The fraction of sp³-hybridized carbons (Fsp3) is 0.476. The number of rotatable bonds is 13. The number of esters is 1. The van der Waals surface area contributed by atoms with E-state index < -0.39 is 11.6 Å². The molecule has 1 aromatic heterocycles. The number of ether oxygens (including phenoxy) is 3. The Morgan fingerprint density at radius 2 is 1.80 bits per heavy atom. The summed E-state index contributed by atoms with van der Waals surface area (Å²) in [5, 5.41) is 4.32. The maximum Gasteiger partial charge on any atom is 0.351 e. The number of hydrogen-bond acceptors (Lipinski definition) is 8. The summed E-state index contributed by atoms with van der Waals surface area (Å²) in [5.74, 6) is -0.739. The molecular formula is C21H28N3O6+. The molecule has 0 aliphatic carbocycles. The Morgan fingerprint density at radius 1 is 1.10 bits per heavy atom. The van der Waals surface area contributed by atoms with Gasteiger partial charge < -0.3 is 23.5 Å². The fourth-order valence-electron chi connectivity index (χ4n) is 2.80. The predicted octanol–water partition coefficient (Wildman–Crippen LogP) is 2.19. The van der Waals surface area contributed by atoms with Gasteiger partial charge in [-0.05, 0) is 32.0 Å². The highest BCUT2D eigenvalue weighted by molar-refractivity contribution is 5.93. The van der Waals surface area contributed by atoms with Gasteiger partial charge in [-0.1, -0.05) is 0 Å². The number of anilines is 1. The Hall–Kier alpha value is -3.00. The van der Waals surface area contributed by atoms with Gasteiger partial charge in [0.15, 0.2) is 0 Å². The lowest BCUT2D eigenvalue weighted by atomic mass is 10.1. The van der Waals surface area contributed by atoms with Crippen molar-refractivity contribution >= 4 is 29.3 Å². The first-order valence-corrected chi connectivity index (χ1v) is 9.88. The van der Waals surface area contributed by atoms with E-state index in [1.165, 1.54) is 6.07 Å². The van der Waals surface area contributed by atoms with Crippen LogP contribution in [0.25, 0.3) is 11.0 Å². The number of hydrogen-bond donors (Lipinski definition) is 0. The number of benzene rings is 1. The molecule has 0 unspecified atom stereocenters. The molecule has 30 heavy (non-hydrogen) atoms. The predicted molar refractivity (Wildman–Crippen MR) is 113 cm³/mol. The third-order valence-corrected chi connectivity index (χ3v) is 4.34. The zero-order chi connectivity index (χ0) is 21.8. The average Bonchev–Trinajstić information content (AvgIpc) is 2.75. The van der Waals surface area contributed by atoms with Gasteiger partial charge >= 0.3 is 11.6 Å². The quantitative estimate of drug-likeness (QED) is 0.123. The Balaban J connectivity index is 1.85. The van der Waals surface area contributed by atoms with Crippen molar-refractivity contribution in [2.24, 2.45) is 5.11 Å². The van der Waals surface area contributed by atoms with Gasteiger partial charge in [-0.2, -0.15) is 0 Å². The zero-order valence-electron chi connectivity index (χ0n) is 17.5. The molecule has 0 saturated heterocycles. The molecule has 0 N–H and O–H groups in total. The molecule has 2 aromatic rings. The van der Waals surface area contributed by atoms with Crippen LogP contribution in [0.4, 0.5) is 5.69 Å². The number of fused-ring (bicyclic) bond motifs is 1. The second kappa shape index (κ2) is 12.5. The van der Waals surface area contributed by atoms with E-state index in [1.807, 2.05) is 12.1 Å². The highest BCUT2D eigenvalue weighted by Gasteiger charge is 2.16. The summed E-state index contributed by atoms with van der Waals surface area (Å²) >= 11 is 0. The van der Waals surface area contributed by atoms with Gasteiger partial charge in [0.2, 0.25) is 0 Å². The molecule has 0 radical (unpaired) electrons. The van der Waals surface area contributed by atoms with Crippen molar-refractivity contribution in [3.8, 4) is 0 Å². The van der Waals surface area contributed by atoms with Gasteiger partial charge in [0, 0.05) is 35.0 Å². The highest BCUT2D eigenvalue weighted by Crippen LogP contribution is 2.22. The molecule has 9 heteroatoms. The molecule has 9 nitrogen and oxygen atoms in total. The van der Waals surface area contributed by atoms with E-state index in [0.29, 0.717) is 37.3 Å². The lowest BCUT2D eigenvalue weighted by molar-refractivity contribution is -0.0825. The number of carbonyl (C=O) groups is 1. The van der Waals surface area contributed by atoms with Gasteiger partial charge in [-0.3, -0.25) is 0 Å². The van der Waals surface area contributed by atoms with E-state index in [2.05, 4.69) is 35.4 Å². The molecule has 0 bridgehead atoms. The summed E-state index contributed by atoms with van der Waals surface area (Å²) in [4.78, 5) is 29.9.